The normalized spacial score (nSPS) is 22.3. The number of likely N-dealkylation sites (N-methyl/N-ethyl adjacent to an activating group) is 1. The summed E-state index contributed by atoms with van der Waals surface area (Å²) in [6.45, 7) is 1.53. The van der Waals surface area contributed by atoms with Gasteiger partial charge >= 0.3 is 0 Å². The maximum atomic E-state index is 12.3. The molecule has 0 radical (unpaired) electrons. The fourth-order valence-corrected chi connectivity index (χ4v) is 2.28. The lowest BCUT2D eigenvalue weighted by Gasteiger charge is -2.21. The molecule has 1 fully saturated rings. The molecule has 0 spiro atoms. The van der Waals surface area contributed by atoms with Crippen LogP contribution in [-0.4, -0.2) is 34.4 Å². The number of aromatic nitrogens is 2. The largest absolute Gasteiger partial charge is 0.344 e. The Hall–Kier alpha value is -1.49. The van der Waals surface area contributed by atoms with Crippen LogP contribution in [0.15, 0.2) is 12.5 Å². The van der Waals surface area contributed by atoms with Crippen LogP contribution in [0.3, 0.4) is 0 Å². The van der Waals surface area contributed by atoms with Gasteiger partial charge in [0.25, 0.3) is 0 Å². The van der Waals surface area contributed by atoms with E-state index in [-0.39, 0.29) is 11.9 Å². The summed E-state index contributed by atoms with van der Waals surface area (Å²) in [5, 5.41) is 3.20. The molecule has 1 aliphatic heterocycles. The number of nitrogens with one attached hydrogen (secondary N) is 1. The van der Waals surface area contributed by atoms with Crippen molar-refractivity contribution in [2.75, 3.05) is 13.6 Å². The fourth-order valence-electron chi connectivity index (χ4n) is 2.28. The van der Waals surface area contributed by atoms with Gasteiger partial charge in [-0.15, -0.1) is 0 Å². The molecule has 1 saturated carbocycles. The molecule has 2 aliphatic rings. The van der Waals surface area contributed by atoms with E-state index in [1.807, 2.05) is 11.9 Å². The zero-order chi connectivity index (χ0) is 11.8. The van der Waals surface area contributed by atoms with E-state index in [4.69, 9.17) is 0 Å². The first-order valence-electron chi connectivity index (χ1n) is 6.03. The molecule has 0 saturated heterocycles. The number of fused-ring (bicyclic) bond motifs is 1. The first-order chi connectivity index (χ1) is 8.25. The summed E-state index contributed by atoms with van der Waals surface area (Å²) in [6.07, 6.45) is 5.79. The van der Waals surface area contributed by atoms with E-state index < -0.39 is 0 Å². The van der Waals surface area contributed by atoms with Crippen molar-refractivity contribution in [2.45, 2.75) is 25.4 Å². The molecule has 17 heavy (non-hydrogen) atoms. The van der Waals surface area contributed by atoms with Gasteiger partial charge in [-0.25, -0.2) is 9.97 Å². The summed E-state index contributed by atoms with van der Waals surface area (Å²) in [5.74, 6) is 0.849. The molecule has 1 atom stereocenters. The van der Waals surface area contributed by atoms with Gasteiger partial charge in [-0.05, 0) is 18.8 Å². The van der Waals surface area contributed by atoms with Crippen LogP contribution in [0.25, 0.3) is 0 Å². The van der Waals surface area contributed by atoms with Crippen molar-refractivity contribution in [2.24, 2.45) is 5.92 Å². The molecule has 2 heterocycles. The Bertz CT molecular complexity index is 444. The molecular formula is C12H16N4O. The van der Waals surface area contributed by atoms with Crippen LogP contribution >= 0.6 is 0 Å². The fraction of sp³-hybridized carbons (Fsp3) is 0.583. The van der Waals surface area contributed by atoms with E-state index in [0.717, 1.165) is 23.7 Å². The van der Waals surface area contributed by atoms with Crippen molar-refractivity contribution < 1.29 is 4.79 Å². The molecule has 1 N–H and O–H groups in total. The zero-order valence-electron chi connectivity index (χ0n) is 9.89. The third-order valence-electron chi connectivity index (χ3n) is 3.46. The van der Waals surface area contributed by atoms with Crippen molar-refractivity contribution in [1.29, 1.82) is 0 Å². The average molecular weight is 232 g/mol. The average Bonchev–Trinajstić information content (AvgIpc) is 3.05. The number of hydrogen-bond donors (Lipinski definition) is 1. The highest BCUT2D eigenvalue weighted by Crippen LogP contribution is 2.31. The van der Waals surface area contributed by atoms with Crippen LogP contribution in [0.2, 0.25) is 0 Å². The molecule has 1 aromatic heterocycles. The molecule has 5 nitrogen and oxygen atoms in total. The predicted octanol–water partition coefficient (Wildman–Crippen LogP) is 0.489. The lowest BCUT2D eigenvalue weighted by molar-refractivity contribution is -0.132. The van der Waals surface area contributed by atoms with Crippen LogP contribution in [0, 0.1) is 5.92 Å². The Labute approximate surface area is 100 Å². The Morgan fingerprint density at radius 3 is 3.18 bits per heavy atom. The summed E-state index contributed by atoms with van der Waals surface area (Å²) >= 11 is 0. The summed E-state index contributed by atoms with van der Waals surface area (Å²) in [7, 11) is 1.88. The Kier molecular flexibility index (Phi) is 2.55. The molecule has 0 bridgehead atoms. The van der Waals surface area contributed by atoms with Crippen molar-refractivity contribution in [3.05, 3.63) is 23.8 Å². The smallest absolute Gasteiger partial charge is 0.244 e. The van der Waals surface area contributed by atoms with Crippen LogP contribution in [0.1, 0.15) is 30.1 Å². The van der Waals surface area contributed by atoms with Gasteiger partial charge in [0.05, 0.1) is 5.69 Å². The Morgan fingerprint density at radius 2 is 2.41 bits per heavy atom. The topological polar surface area (TPSA) is 58.1 Å². The summed E-state index contributed by atoms with van der Waals surface area (Å²) in [5.41, 5.74) is 1.87. The summed E-state index contributed by atoms with van der Waals surface area (Å²) in [6, 6.07) is -0.255. The maximum absolute atomic E-state index is 12.3. The van der Waals surface area contributed by atoms with E-state index in [9.17, 15) is 4.79 Å². The van der Waals surface area contributed by atoms with E-state index in [1.165, 1.54) is 19.2 Å². The Balaban J connectivity index is 1.74. The lowest BCUT2D eigenvalue weighted by Crippen LogP contribution is -2.37. The van der Waals surface area contributed by atoms with Crippen LogP contribution in [-0.2, 0) is 11.3 Å². The second-order valence-electron chi connectivity index (χ2n) is 4.90. The van der Waals surface area contributed by atoms with E-state index in [2.05, 4.69) is 15.3 Å². The number of rotatable bonds is 3. The van der Waals surface area contributed by atoms with Crippen molar-refractivity contribution in [3.63, 3.8) is 0 Å². The SMILES string of the molecule is CN(CC1CC1)C(=O)C1NCc2ncncc21. The lowest BCUT2D eigenvalue weighted by atomic mass is 10.1. The molecular weight excluding hydrogens is 216 g/mol. The molecule has 5 heteroatoms. The van der Waals surface area contributed by atoms with Crippen molar-refractivity contribution >= 4 is 5.91 Å². The predicted molar refractivity (Wildman–Crippen MR) is 62.0 cm³/mol. The van der Waals surface area contributed by atoms with E-state index in [1.54, 1.807) is 6.20 Å². The number of amides is 1. The molecule has 0 aromatic carbocycles. The highest BCUT2D eigenvalue weighted by Gasteiger charge is 2.33. The number of carbonyl (C=O) groups excluding carboxylic acids is 1. The quantitative estimate of drug-likeness (QED) is 0.824. The third kappa shape index (κ3) is 2.02. The van der Waals surface area contributed by atoms with Gasteiger partial charge in [-0.2, -0.15) is 0 Å². The summed E-state index contributed by atoms with van der Waals surface area (Å²) < 4.78 is 0. The van der Waals surface area contributed by atoms with Crippen LogP contribution in [0.5, 0.6) is 0 Å². The maximum Gasteiger partial charge on any atom is 0.244 e. The molecule has 3 rings (SSSR count). The highest BCUT2D eigenvalue weighted by atomic mass is 16.2. The summed E-state index contributed by atoms with van der Waals surface area (Å²) in [4.78, 5) is 22.3. The minimum atomic E-state index is -0.255. The standard InChI is InChI=1S/C12H16N4O/c1-16(6-8-2-3-8)12(17)11-9-4-13-7-15-10(9)5-14-11/h4,7-8,11,14H,2-3,5-6H2,1H3. The second kappa shape index (κ2) is 4.07. The first kappa shape index (κ1) is 10.7. The van der Waals surface area contributed by atoms with Crippen LogP contribution in [0.4, 0.5) is 0 Å². The van der Waals surface area contributed by atoms with Gasteiger partial charge in [-0.3, -0.25) is 10.1 Å². The van der Waals surface area contributed by atoms with Gasteiger partial charge in [0.2, 0.25) is 5.91 Å². The monoisotopic (exact) mass is 232 g/mol. The zero-order valence-corrected chi connectivity index (χ0v) is 9.89. The molecule has 1 aliphatic carbocycles. The molecule has 90 valence electrons. The number of nitrogens with zero attached hydrogens (tertiary/aromatic N) is 3. The van der Waals surface area contributed by atoms with Crippen molar-refractivity contribution in [1.82, 2.24) is 20.2 Å². The van der Waals surface area contributed by atoms with E-state index >= 15 is 0 Å². The van der Waals surface area contributed by atoms with E-state index in [0.29, 0.717) is 6.54 Å². The first-order valence-corrected chi connectivity index (χ1v) is 6.03. The minimum absolute atomic E-state index is 0.130. The minimum Gasteiger partial charge on any atom is -0.344 e. The van der Waals surface area contributed by atoms with Gasteiger partial charge in [0.1, 0.15) is 12.4 Å². The van der Waals surface area contributed by atoms with Gasteiger partial charge in [-0.1, -0.05) is 0 Å². The number of carbonyl (C=O) groups is 1. The molecule has 1 aromatic rings. The second-order valence-corrected chi connectivity index (χ2v) is 4.90. The highest BCUT2D eigenvalue weighted by molar-refractivity contribution is 5.84. The van der Waals surface area contributed by atoms with Crippen molar-refractivity contribution in [3.8, 4) is 0 Å². The molecule has 1 amide bonds. The van der Waals surface area contributed by atoms with Gasteiger partial charge < -0.3 is 4.90 Å². The Morgan fingerprint density at radius 1 is 1.59 bits per heavy atom. The van der Waals surface area contributed by atoms with Gasteiger partial charge in [0.15, 0.2) is 0 Å². The molecule has 1 unspecified atom stereocenters. The van der Waals surface area contributed by atoms with Gasteiger partial charge in [0, 0.05) is 31.9 Å². The third-order valence-corrected chi connectivity index (χ3v) is 3.46. The van der Waals surface area contributed by atoms with Crippen LogP contribution < -0.4 is 5.32 Å². The number of hydrogen-bond acceptors (Lipinski definition) is 4.